The van der Waals surface area contributed by atoms with Gasteiger partial charge in [-0.15, -0.1) is 0 Å². The highest BCUT2D eigenvalue weighted by atomic mass is 32.2. The number of amides is 1. The van der Waals surface area contributed by atoms with E-state index in [0.29, 0.717) is 35.4 Å². The summed E-state index contributed by atoms with van der Waals surface area (Å²) in [7, 11) is -1.45. The number of ether oxygens (including phenoxy) is 2. The minimum Gasteiger partial charge on any atom is -0.497 e. The molecule has 3 aromatic rings. The Morgan fingerprint density at radius 1 is 0.871 bits per heavy atom. The summed E-state index contributed by atoms with van der Waals surface area (Å²) in [5, 5.41) is 2.64. The third kappa shape index (κ3) is 5.10. The van der Waals surface area contributed by atoms with Gasteiger partial charge in [-0.05, 0) is 36.4 Å². The van der Waals surface area contributed by atoms with Gasteiger partial charge in [0.05, 0.1) is 36.1 Å². The summed E-state index contributed by atoms with van der Waals surface area (Å²) in [5.41, 5.74) is 0.246. The van der Waals surface area contributed by atoms with E-state index in [9.17, 15) is 22.0 Å². The molecule has 0 spiro atoms. The summed E-state index contributed by atoms with van der Waals surface area (Å²) < 4.78 is 64.7. The number of nitrogens with one attached hydrogen (secondary N) is 2. The van der Waals surface area contributed by atoms with Crippen LogP contribution < -0.4 is 19.5 Å². The maximum absolute atomic E-state index is 13.5. The molecule has 0 saturated heterocycles. The molecule has 0 unspecified atom stereocenters. The van der Waals surface area contributed by atoms with Crippen LogP contribution in [-0.2, 0) is 10.0 Å². The van der Waals surface area contributed by atoms with Crippen molar-refractivity contribution in [3.8, 4) is 11.5 Å². The Hall–Kier alpha value is -3.66. The lowest BCUT2D eigenvalue weighted by molar-refractivity contribution is 0.102. The Bertz CT molecular complexity index is 1210. The van der Waals surface area contributed by atoms with Gasteiger partial charge in [0.2, 0.25) is 0 Å². The van der Waals surface area contributed by atoms with E-state index >= 15 is 0 Å². The second-order valence-electron chi connectivity index (χ2n) is 6.28. The van der Waals surface area contributed by atoms with Crippen LogP contribution in [0.1, 0.15) is 10.4 Å². The molecule has 2 N–H and O–H groups in total. The molecule has 0 aliphatic heterocycles. The number of carbonyl (C=O) groups excluding carboxylic acids is 1. The summed E-state index contributed by atoms with van der Waals surface area (Å²) in [6.07, 6.45) is 0. The molecule has 162 valence electrons. The van der Waals surface area contributed by atoms with Crippen molar-refractivity contribution >= 4 is 27.3 Å². The van der Waals surface area contributed by atoms with Crippen LogP contribution in [0.25, 0.3) is 0 Å². The predicted octanol–water partition coefficient (Wildman–Crippen LogP) is 4.04. The van der Waals surface area contributed by atoms with Crippen molar-refractivity contribution in [2.45, 2.75) is 4.90 Å². The van der Waals surface area contributed by atoms with E-state index in [1.165, 1.54) is 32.4 Å². The van der Waals surface area contributed by atoms with E-state index in [2.05, 4.69) is 10.0 Å². The molecule has 0 atom stereocenters. The van der Waals surface area contributed by atoms with Crippen molar-refractivity contribution in [1.82, 2.24) is 0 Å². The summed E-state index contributed by atoms with van der Waals surface area (Å²) in [4.78, 5) is 12.2. The first-order valence-electron chi connectivity index (χ1n) is 8.85. The van der Waals surface area contributed by atoms with E-state index in [0.717, 1.165) is 0 Å². The van der Waals surface area contributed by atoms with Crippen LogP contribution in [0.15, 0.2) is 65.6 Å². The zero-order chi connectivity index (χ0) is 22.6. The molecular weight excluding hydrogens is 430 g/mol. The lowest BCUT2D eigenvalue weighted by Crippen LogP contribution is -2.19. The first-order valence-corrected chi connectivity index (χ1v) is 10.3. The van der Waals surface area contributed by atoms with Gasteiger partial charge in [0.25, 0.3) is 15.9 Å². The number of rotatable bonds is 7. The number of sulfonamides is 1. The molecule has 7 nitrogen and oxygen atoms in total. The zero-order valence-corrected chi connectivity index (χ0v) is 17.3. The van der Waals surface area contributed by atoms with Crippen LogP contribution in [0.3, 0.4) is 0 Å². The van der Waals surface area contributed by atoms with Gasteiger partial charge in [-0.1, -0.05) is 12.1 Å². The van der Waals surface area contributed by atoms with E-state index in [1.807, 2.05) is 0 Å². The van der Waals surface area contributed by atoms with E-state index in [1.54, 1.807) is 24.3 Å². The topological polar surface area (TPSA) is 93.7 Å². The van der Waals surface area contributed by atoms with Crippen LogP contribution in [0.5, 0.6) is 11.5 Å². The van der Waals surface area contributed by atoms with Gasteiger partial charge in [-0.2, -0.15) is 0 Å². The minimum atomic E-state index is -4.36. The number of benzene rings is 3. The molecular formula is C21H18F2N2O5S. The summed E-state index contributed by atoms with van der Waals surface area (Å²) in [5.74, 6) is -1.87. The summed E-state index contributed by atoms with van der Waals surface area (Å²) in [6, 6.07) is 12.5. The number of hydrogen-bond donors (Lipinski definition) is 2. The fraction of sp³-hybridized carbons (Fsp3) is 0.0952. The summed E-state index contributed by atoms with van der Waals surface area (Å²) >= 11 is 0. The molecule has 0 radical (unpaired) electrons. The highest BCUT2D eigenvalue weighted by Crippen LogP contribution is 2.30. The van der Waals surface area contributed by atoms with Gasteiger partial charge in [0.1, 0.15) is 23.1 Å². The molecule has 3 rings (SSSR count). The SMILES string of the molecule is COc1ccc(NC(=O)c2ccccc2NS(=O)(=O)c2cc(F)cc(F)c2)c(OC)c1. The van der Waals surface area contributed by atoms with Crippen LogP contribution in [0, 0.1) is 11.6 Å². The predicted molar refractivity (Wildman–Crippen MR) is 111 cm³/mol. The molecule has 3 aromatic carbocycles. The Morgan fingerprint density at radius 2 is 1.55 bits per heavy atom. The van der Waals surface area contributed by atoms with Gasteiger partial charge in [-0.25, -0.2) is 17.2 Å². The second-order valence-corrected chi connectivity index (χ2v) is 7.96. The maximum atomic E-state index is 13.5. The van der Waals surface area contributed by atoms with E-state index in [-0.39, 0.29) is 11.3 Å². The highest BCUT2D eigenvalue weighted by molar-refractivity contribution is 7.92. The normalized spacial score (nSPS) is 11.0. The number of anilines is 2. The van der Waals surface area contributed by atoms with Crippen LogP contribution in [0.2, 0.25) is 0 Å². The van der Waals surface area contributed by atoms with Crippen molar-refractivity contribution in [3.05, 3.63) is 77.9 Å². The average Bonchev–Trinajstić information content (AvgIpc) is 2.73. The molecule has 0 aromatic heterocycles. The fourth-order valence-electron chi connectivity index (χ4n) is 2.75. The lowest BCUT2D eigenvalue weighted by atomic mass is 10.1. The Kier molecular flexibility index (Phi) is 6.40. The van der Waals surface area contributed by atoms with Crippen molar-refractivity contribution in [2.75, 3.05) is 24.3 Å². The molecule has 0 heterocycles. The third-order valence-electron chi connectivity index (χ3n) is 4.22. The molecule has 31 heavy (non-hydrogen) atoms. The monoisotopic (exact) mass is 448 g/mol. The van der Waals surface area contributed by atoms with E-state index < -0.39 is 32.5 Å². The number of methoxy groups -OCH3 is 2. The molecule has 0 aliphatic carbocycles. The van der Waals surface area contributed by atoms with Crippen molar-refractivity contribution in [1.29, 1.82) is 0 Å². The number of carbonyl (C=O) groups is 1. The van der Waals surface area contributed by atoms with Crippen molar-refractivity contribution < 1.29 is 31.5 Å². The Morgan fingerprint density at radius 3 is 2.19 bits per heavy atom. The summed E-state index contributed by atoms with van der Waals surface area (Å²) in [6.45, 7) is 0. The first kappa shape index (κ1) is 22.0. The average molecular weight is 448 g/mol. The molecule has 0 aliphatic rings. The molecule has 1 amide bonds. The number of para-hydroxylation sites is 1. The smallest absolute Gasteiger partial charge is 0.262 e. The third-order valence-corrected chi connectivity index (χ3v) is 5.56. The fourth-order valence-corrected chi connectivity index (χ4v) is 3.87. The highest BCUT2D eigenvalue weighted by Gasteiger charge is 2.21. The molecule has 0 bridgehead atoms. The molecule has 0 saturated carbocycles. The first-order chi connectivity index (χ1) is 14.7. The van der Waals surface area contributed by atoms with Gasteiger partial charge < -0.3 is 14.8 Å². The van der Waals surface area contributed by atoms with Crippen molar-refractivity contribution in [2.24, 2.45) is 0 Å². The Labute approximate surface area is 177 Å². The Balaban J connectivity index is 1.91. The van der Waals surface area contributed by atoms with Crippen LogP contribution in [0.4, 0.5) is 20.2 Å². The van der Waals surface area contributed by atoms with Gasteiger partial charge >= 0.3 is 0 Å². The molecule has 0 fully saturated rings. The standard InChI is InChI=1S/C21H18F2N2O5S/c1-29-15-7-8-19(20(12-15)30-2)24-21(26)17-5-3-4-6-18(17)25-31(27,28)16-10-13(22)9-14(23)11-16/h3-12,25H,1-2H3,(H,24,26). The van der Waals surface area contributed by atoms with Gasteiger partial charge in [0, 0.05) is 12.1 Å². The quantitative estimate of drug-likeness (QED) is 0.569. The number of halogens is 2. The zero-order valence-electron chi connectivity index (χ0n) is 16.5. The largest absolute Gasteiger partial charge is 0.497 e. The maximum Gasteiger partial charge on any atom is 0.262 e. The minimum absolute atomic E-state index is 0.0131. The second kappa shape index (κ2) is 9.00. The molecule has 10 heteroatoms. The van der Waals surface area contributed by atoms with Crippen LogP contribution >= 0.6 is 0 Å². The van der Waals surface area contributed by atoms with E-state index in [4.69, 9.17) is 9.47 Å². The van der Waals surface area contributed by atoms with Gasteiger partial charge in [-0.3, -0.25) is 9.52 Å². The van der Waals surface area contributed by atoms with Gasteiger partial charge in [0.15, 0.2) is 0 Å². The lowest BCUT2D eigenvalue weighted by Gasteiger charge is -2.15. The number of hydrogen-bond acceptors (Lipinski definition) is 5. The van der Waals surface area contributed by atoms with Crippen LogP contribution in [-0.4, -0.2) is 28.5 Å². The van der Waals surface area contributed by atoms with Crippen molar-refractivity contribution in [3.63, 3.8) is 0 Å².